The highest BCUT2D eigenvalue weighted by Gasteiger charge is 2.39. The summed E-state index contributed by atoms with van der Waals surface area (Å²) in [4.78, 5) is 26.6. The number of pyridine rings is 2. The van der Waals surface area contributed by atoms with Gasteiger partial charge in [-0.05, 0) is 79.3 Å². The Labute approximate surface area is 229 Å². The molecular formula is C28H29N7O3S. The lowest BCUT2D eigenvalue weighted by atomic mass is 9.79. The maximum atomic E-state index is 12.0. The molecule has 1 atom stereocenters. The summed E-state index contributed by atoms with van der Waals surface area (Å²) < 4.78 is 4.86. The Balaban J connectivity index is 1.44. The van der Waals surface area contributed by atoms with E-state index >= 15 is 0 Å². The van der Waals surface area contributed by atoms with Crippen LogP contribution in [0.2, 0.25) is 0 Å². The SMILES string of the molecule is COC(=O)c1ccc2c(c1)CCC[C@]2(O)c1ncc(-c2cc(C)cc(Nc3cc(/C(N)=C/NN)ccn3)n2)s1. The van der Waals surface area contributed by atoms with Gasteiger partial charge >= 0.3 is 5.97 Å². The molecule has 3 aromatic heterocycles. The van der Waals surface area contributed by atoms with Crippen LogP contribution in [-0.4, -0.2) is 33.1 Å². The lowest BCUT2D eigenvalue weighted by molar-refractivity contribution is 0.0583. The van der Waals surface area contributed by atoms with Crippen LogP contribution >= 0.6 is 11.3 Å². The first kappa shape index (κ1) is 26.3. The average Bonchev–Trinajstić information content (AvgIpc) is 3.44. The summed E-state index contributed by atoms with van der Waals surface area (Å²) in [6.07, 6.45) is 6.97. The fourth-order valence-electron chi connectivity index (χ4n) is 4.76. The number of hydrazine groups is 1. The number of hydrogen-bond acceptors (Lipinski definition) is 11. The van der Waals surface area contributed by atoms with Crippen LogP contribution < -0.4 is 22.3 Å². The molecule has 0 fully saturated rings. The van der Waals surface area contributed by atoms with E-state index in [4.69, 9.17) is 21.3 Å². The third-order valence-electron chi connectivity index (χ3n) is 6.63. The predicted molar refractivity (Wildman–Crippen MR) is 151 cm³/mol. The van der Waals surface area contributed by atoms with E-state index in [2.05, 4.69) is 20.7 Å². The van der Waals surface area contributed by atoms with Crippen molar-refractivity contribution in [2.45, 2.75) is 31.8 Å². The number of nitrogens with one attached hydrogen (secondary N) is 2. The van der Waals surface area contributed by atoms with Crippen molar-refractivity contribution in [3.8, 4) is 10.6 Å². The third-order valence-corrected chi connectivity index (χ3v) is 7.80. The third kappa shape index (κ3) is 5.32. The number of anilines is 2. The second-order valence-electron chi connectivity index (χ2n) is 9.34. The highest BCUT2D eigenvalue weighted by Crippen LogP contribution is 2.43. The number of nitrogens with zero attached hydrogens (tertiary/aromatic N) is 3. The number of carbonyl (C=O) groups excluding carboxylic acids is 1. The van der Waals surface area contributed by atoms with Gasteiger partial charge in [0.25, 0.3) is 0 Å². The number of fused-ring (bicyclic) bond motifs is 1. The Morgan fingerprint density at radius 2 is 2.00 bits per heavy atom. The van der Waals surface area contributed by atoms with Crippen LogP contribution in [0.3, 0.4) is 0 Å². The van der Waals surface area contributed by atoms with Crippen LogP contribution in [0.5, 0.6) is 0 Å². The molecule has 1 aliphatic carbocycles. The van der Waals surface area contributed by atoms with Gasteiger partial charge in [-0.15, -0.1) is 11.3 Å². The van der Waals surface area contributed by atoms with E-state index in [-0.39, 0.29) is 0 Å². The molecule has 0 saturated carbocycles. The Kier molecular flexibility index (Phi) is 7.29. The number of aliphatic hydroxyl groups is 1. The molecule has 7 N–H and O–H groups in total. The smallest absolute Gasteiger partial charge is 0.337 e. The van der Waals surface area contributed by atoms with Crippen LogP contribution in [0.25, 0.3) is 16.3 Å². The fraction of sp³-hybridized carbons (Fsp3) is 0.214. The van der Waals surface area contributed by atoms with Gasteiger partial charge in [-0.25, -0.2) is 19.7 Å². The van der Waals surface area contributed by atoms with Crippen LogP contribution in [0.4, 0.5) is 11.6 Å². The molecular weight excluding hydrogens is 514 g/mol. The van der Waals surface area contributed by atoms with E-state index in [1.54, 1.807) is 42.7 Å². The second kappa shape index (κ2) is 10.8. The first-order valence-corrected chi connectivity index (χ1v) is 13.2. The Bertz CT molecular complexity index is 1570. The van der Waals surface area contributed by atoms with Crippen LogP contribution in [-0.2, 0) is 16.8 Å². The summed E-state index contributed by atoms with van der Waals surface area (Å²) >= 11 is 1.40. The fourth-order valence-corrected chi connectivity index (χ4v) is 5.77. The maximum Gasteiger partial charge on any atom is 0.337 e. The first-order chi connectivity index (χ1) is 18.8. The molecule has 0 spiro atoms. The van der Waals surface area contributed by atoms with E-state index < -0.39 is 11.6 Å². The van der Waals surface area contributed by atoms with Crippen LogP contribution in [0, 0.1) is 6.92 Å². The highest BCUT2D eigenvalue weighted by atomic mass is 32.1. The summed E-state index contributed by atoms with van der Waals surface area (Å²) in [5.41, 5.74) is 12.3. The summed E-state index contributed by atoms with van der Waals surface area (Å²) in [6, 6.07) is 12.8. The molecule has 1 aliphatic rings. The molecule has 5 rings (SSSR count). The Hall–Kier alpha value is -4.32. The molecule has 0 saturated heterocycles. The normalized spacial score (nSPS) is 16.9. The van der Waals surface area contributed by atoms with Gasteiger partial charge in [-0.3, -0.25) is 5.84 Å². The number of aryl methyl sites for hydroxylation is 2. The highest BCUT2D eigenvalue weighted by molar-refractivity contribution is 7.15. The van der Waals surface area contributed by atoms with Crippen molar-refractivity contribution in [2.24, 2.45) is 11.6 Å². The lowest BCUT2D eigenvalue weighted by Crippen LogP contribution is -2.32. The van der Waals surface area contributed by atoms with Gasteiger partial charge in [0.2, 0.25) is 0 Å². The Morgan fingerprint density at radius 3 is 2.79 bits per heavy atom. The van der Waals surface area contributed by atoms with Gasteiger partial charge in [0, 0.05) is 24.2 Å². The van der Waals surface area contributed by atoms with Gasteiger partial charge in [0.1, 0.15) is 22.2 Å². The molecule has 3 heterocycles. The molecule has 4 aromatic rings. The van der Waals surface area contributed by atoms with Crippen molar-refractivity contribution in [1.29, 1.82) is 0 Å². The summed E-state index contributed by atoms with van der Waals surface area (Å²) in [5, 5.41) is 15.7. The van der Waals surface area contributed by atoms with E-state index in [1.807, 2.05) is 19.1 Å². The Morgan fingerprint density at radius 1 is 1.15 bits per heavy atom. The molecule has 0 bridgehead atoms. The van der Waals surface area contributed by atoms with Crippen LogP contribution in [0.15, 0.2) is 61.1 Å². The number of rotatable bonds is 7. The molecule has 10 nitrogen and oxygen atoms in total. The zero-order valence-corrected chi connectivity index (χ0v) is 22.4. The van der Waals surface area contributed by atoms with Crippen molar-refractivity contribution < 1.29 is 14.6 Å². The number of ether oxygens (including phenoxy) is 1. The zero-order valence-electron chi connectivity index (χ0n) is 21.6. The van der Waals surface area contributed by atoms with E-state index in [0.717, 1.165) is 45.7 Å². The quantitative estimate of drug-likeness (QED) is 0.132. The van der Waals surface area contributed by atoms with Crippen molar-refractivity contribution in [3.05, 3.63) is 93.9 Å². The number of carbonyl (C=O) groups is 1. The minimum Gasteiger partial charge on any atom is -0.465 e. The first-order valence-electron chi connectivity index (χ1n) is 12.4. The van der Waals surface area contributed by atoms with E-state index in [9.17, 15) is 9.90 Å². The molecule has 0 unspecified atom stereocenters. The van der Waals surface area contributed by atoms with Crippen molar-refractivity contribution in [3.63, 3.8) is 0 Å². The lowest BCUT2D eigenvalue weighted by Gasteiger charge is -2.33. The molecule has 200 valence electrons. The van der Waals surface area contributed by atoms with Gasteiger partial charge in [-0.2, -0.15) is 0 Å². The number of aromatic nitrogens is 3. The molecule has 0 amide bonds. The number of esters is 1. The summed E-state index contributed by atoms with van der Waals surface area (Å²) in [5.74, 6) is 6.13. The van der Waals surface area contributed by atoms with E-state index in [0.29, 0.717) is 34.3 Å². The molecule has 1 aromatic carbocycles. The molecule has 11 heteroatoms. The van der Waals surface area contributed by atoms with Crippen molar-refractivity contribution >= 4 is 34.6 Å². The monoisotopic (exact) mass is 543 g/mol. The minimum absolute atomic E-state index is 0.396. The molecule has 39 heavy (non-hydrogen) atoms. The average molecular weight is 544 g/mol. The standard InChI is InChI=1S/C28H29N7O3S/c1-16-10-22(34-25(11-16)35-24-13-18(7-9-31-24)21(29)14-33-30)23-15-32-27(39-23)28(37)8-3-4-17-12-19(26(36)38-2)5-6-20(17)28/h5-7,9-15,33,37H,3-4,8,29-30H2,1-2H3,(H,31,34,35)/b21-14-/t28-/m1/s1. The molecule has 0 aliphatic heterocycles. The number of benzene rings is 1. The number of hydrogen-bond donors (Lipinski definition) is 5. The summed E-state index contributed by atoms with van der Waals surface area (Å²) in [7, 11) is 1.36. The maximum absolute atomic E-state index is 12.0. The number of thiazole rings is 1. The van der Waals surface area contributed by atoms with Crippen molar-refractivity contribution in [1.82, 2.24) is 20.4 Å². The number of methoxy groups -OCH3 is 1. The summed E-state index contributed by atoms with van der Waals surface area (Å²) in [6.45, 7) is 1.99. The van der Waals surface area contributed by atoms with Crippen molar-refractivity contribution in [2.75, 3.05) is 12.4 Å². The predicted octanol–water partition coefficient (Wildman–Crippen LogP) is 3.73. The molecule has 0 radical (unpaired) electrons. The largest absolute Gasteiger partial charge is 0.465 e. The van der Waals surface area contributed by atoms with E-state index in [1.165, 1.54) is 24.6 Å². The minimum atomic E-state index is -1.24. The second-order valence-corrected chi connectivity index (χ2v) is 10.4. The zero-order chi connectivity index (χ0) is 27.6. The number of nitrogens with two attached hydrogens (primary N) is 2. The van der Waals surface area contributed by atoms with Gasteiger partial charge in [-0.1, -0.05) is 6.07 Å². The van der Waals surface area contributed by atoms with Crippen LogP contribution in [0.1, 0.15) is 50.5 Å². The van der Waals surface area contributed by atoms with Gasteiger partial charge < -0.3 is 26.3 Å². The van der Waals surface area contributed by atoms with Gasteiger partial charge in [0.05, 0.1) is 28.9 Å². The topological polar surface area (TPSA) is 161 Å². The van der Waals surface area contributed by atoms with Gasteiger partial charge in [0.15, 0.2) is 0 Å².